The van der Waals surface area contributed by atoms with E-state index in [4.69, 9.17) is 5.41 Å². The molecule has 0 aliphatic heterocycles. The molecule has 0 radical (unpaired) electrons. The van der Waals surface area contributed by atoms with E-state index in [0.29, 0.717) is 5.56 Å². The molecule has 4 heteroatoms. The molecule has 0 aliphatic carbocycles. The Bertz CT molecular complexity index is 289. The molecule has 1 heterocycles. The summed E-state index contributed by atoms with van der Waals surface area (Å²) in [5.41, 5.74) is 0.450. The van der Waals surface area contributed by atoms with E-state index in [2.05, 4.69) is 6.92 Å². The summed E-state index contributed by atoms with van der Waals surface area (Å²) >= 11 is 0. The SMILES string of the molecule is Br.CCC[n+]1cccc(C(=N)[O-])c1. The number of halogens is 1. The van der Waals surface area contributed by atoms with Crippen LogP contribution in [0.2, 0.25) is 0 Å². The molecule has 0 amide bonds. The van der Waals surface area contributed by atoms with Gasteiger partial charge in [-0.05, 0) is 12.0 Å². The Balaban J connectivity index is 0.00000144. The largest absolute Gasteiger partial charge is 0.859 e. The Kier molecular flexibility index (Phi) is 5.30. The van der Waals surface area contributed by atoms with Crippen LogP contribution in [0.1, 0.15) is 18.9 Å². The van der Waals surface area contributed by atoms with E-state index in [1.807, 2.05) is 10.8 Å². The van der Waals surface area contributed by atoms with Gasteiger partial charge in [0.2, 0.25) is 0 Å². The van der Waals surface area contributed by atoms with Crippen molar-refractivity contribution in [1.29, 1.82) is 5.41 Å². The lowest BCUT2D eigenvalue weighted by atomic mass is 10.3. The number of nitrogens with one attached hydrogen (secondary N) is 1. The standard InChI is InChI=1S/C9H12N2O.BrH/c1-2-5-11-6-3-4-8(7-11)9(10)12;/h3-4,6-7H,2,5H2,1H3,(H-,10,12);1H. The number of hydrogen-bond acceptors (Lipinski definition) is 2. The van der Waals surface area contributed by atoms with Gasteiger partial charge >= 0.3 is 0 Å². The molecule has 13 heavy (non-hydrogen) atoms. The molecule has 0 atom stereocenters. The highest BCUT2D eigenvalue weighted by Gasteiger charge is 1.99. The van der Waals surface area contributed by atoms with Gasteiger partial charge in [-0.3, -0.25) is 0 Å². The predicted octanol–water partition coefficient (Wildman–Crippen LogP) is 0.648. The number of nitrogens with zero attached hydrogens (tertiary/aromatic N) is 1. The predicted molar refractivity (Wildman–Crippen MR) is 54.1 cm³/mol. The summed E-state index contributed by atoms with van der Waals surface area (Å²) in [5.74, 6) is -0.625. The lowest BCUT2D eigenvalue weighted by Crippen LogP contribution is -2.34. The molecule has 3 nitrogen and oxygen atoms in total. The third kappa shape index (κ3) is 3.55. The molecule has 0 bridgehead atoms. The highest BCUT2D eigenvalue weighted by molar-refractivity contribution is 8.93. The molecule has 1 aromatic heterocycles. The fourth-order valence-corrected chi connectivity index (χ4v) is 1.05. The number of aromatic nitrogens is 1. The van der Waals surface area contributed by atoms with E-state index in [1.54, 1.807) is 18.3 Å². The maximum absolute atomic E-state index is 10.7. The zero-order valence-corrected chi connectivity index (χ0v) is 9.20. The average molecular weight is 245 g/mol. The van der Waals surface area contributed by atoms with Gasteiger partial charge in [0.1, 0.15) is 6.54 Å². The smallest absolute Gasteiger partial charge is 0.176 e. The number of aryl methyl sites for hydroxylation is 1. The summed E-state index contributed by atoms with van der Waals surface area (Å²) in [4.78, 5) is 0. The van der Waals surface area contributed by atoms with Crippen molar-refractivity contribution in [1.82, 2.24) is 0 Å². The first-order chi connectivity index (χ1) is 5.74. The second kappa shape index (κ2) is 5.70. The summed E-state index contributed by atoms with van der Waals surface area (Å²) in [6.07, 6.45) is 4.63. The highest BCUT2D eigenvalue weighted by Crippen LogP contribution is 1.91. The summed E-state index contributed by atoms with van der Waals surface area (Å²) in [5, 5.41) is 17.6. The second-order valence-corrected chi connectivity index (χ2v) is 2.66. The Hall–Kier alpha value is -0.900. The van der Waals surface area contributed by atoms with Crippen molar-refractivity contribution >= 4 is 22.9 Å². The molecule has 0 saturated carbocycles. The van der Waals surface area contributed by atoms with Gasteiger partial charge in [0.15, 0.2) is 12.4 Å². The van der Waals surface area contributed by atoms with Crippen LogP contribution < -0.4 is 9.67 Å². The monoisotopic (exact) mass is 244 g/mol. The van der Waals surface area contributed by atoms with Gasteiger partial charge in [-0.15, -0.1) is 17.0 Å². The van der Waals surface area contributed by atoms with Gasteiger partial charge < -0.3 is 10.5 Å². The molecule has 0 unspecified atom stereocenters. The van der Waals surface area contributed by atoms with Crippen molar-refractivity contribution in [2.24, 2.45) is 0 Å². The van der Waals surface area contributed by atoms with E-state index in [1.165, 1.54) is 0 Å². The van der Waals surface area contributed by atoms with Gasteiger partial charge in [0, 0.05) is 18.1 Å². The first-order valence-corrected chi connectivity index (χ1v) is 3.99. The van der Waals surface area contributed by atoms with Gasteiger partial charge in [0.25, 0.3) is 0 Å². The highest BCUT2D eigenvalue weighted by atomic mass is 79.9. The van der Waals surface area contributed by atoms with Gasteiger partial charge in [0.05, 0.1) is 0 Å². The first-order valence-electron chi connectivity index (χ1n) is 3.99. The molecule has 0 aromatic carbocycles. The Morgan fingerprint density at radius 1 is 1.62 bits per heavy atom. The number of pyridine rings is 1. The van der Waals surface area contributed by atoms with Crippen LogP contribution in [0.15, 0.2) is 24.5 Å². The molecule has 0 aliphatic rings. The molecule has 0 spiro atoms. The van der Waals surface area contributed by atoms with Crippen LogP contribution in [0.25, 0.3) is 0 Å². The number of hydrogen-bond donors (Lipinski definition) is 1. The Morgan fingerprint density at radius 3 is 2.85 bits per heavy atom. The van der Waals surface area contributed by atoms with Crippen molar-refractivity contribution in [3.63, 3.8) is 0 Å². The first kappa shape index (κ1) is 12.1. The minimum absolute atomic E-state index is 0. The van der Waals surface area contributed by atoms with Crippen LogP contribution in [-0.4, -0.2) is 5.90 Å². The van der Waals surface area contributed by atoms with Crippen LogP contribution in [0, 0.1) is 5.41 Å². The Morgan fingerprint density at radius 2 is 2.31 bits per heavy atom. The van der Waals surface area contributed by atoms with Crippen molar-refractivity contribution in [3.8, 4) is 0 Å². The molecular weight excluding hydrogens is 232 g/mol. The quantitative estimate of drug-likeness (QED) is 0.474. The van der Waals surface area contributed by atoms with Crippen molar-refractivity contribution in [2.45, 2.75) is 19.9 Å². The van der Waals surface area contributed by atoms with Crippen LogP contribution in [0.4, 0.5) is 0 Å². The van der Waals surface area contributed by atoms with E-state index in [0.717, 1.165) is 13.0 Å². The van der Waals surface area contributed by atoms with E-state index < -0.39 is 5.90 Å². The minimum Gasteiger partial charge on any atom is -0.859 e. The van der Waals surface area contributed by atoms with E-state index in [-0.39, 0.29) is 17.0 Å². The van der Waals surface area contributed by atoms with Crippen molar-refractivity contribution in [3.05, 3.63) is 30.1 Å². The molecule has 1 aromatic rings. The van der Waals surface area contributed by atoms with E-state index in [9.17, 15) is 5.11 Å². The van der Waals surface area contributed by atoms with Crippen LogP contribution >= 0.6 is 17.0 Å². The van der Waals surface area contributed by atoms with E-state index >= 15 is 0 Å². The number of rotatable bonds is 3. The minimum atomic E-state index is -0.625. The molecule has 0 saturated heterocycles. The maximum atomic E-state index is 10.7. The third-order valence-corrected chi connectivity index (χ3v) is 1.60. The normalized spacial score (nSPS) is 9.00. The zero-order valence-electron chi connectivity index (χ0n) is 7.49. The van der Waals surface area contributed by atoms with Crippen molar-refractivity contribution in [2.75, 3.05) is 0 Å². The summed E-state index contributed by atoms with van der Waals surface area (Å²) in [6, 6.07) is 3.44. The topological polar surface area (TPSA) is 50.8 Å². The summed E-state index contributed by atoms with van der Waals surface area (Å²) in [6.45, 7) is 2.96. The van der Waals surface area contributed by atoms with Gasteiger partial charge in [-0.1, -0.05) is 6.92 Å². The molecule has 1 N–H and O–H groups in total. The average Bonchev–Trinajstić information content (AvgIpc) is 2.05. The summed E-state index contributed by atoms with van der Waals surface area (Å²) in [7, 11) is 0. The zero-order chi connectivity index (χ0) is 8.97. The third-order valence-electron chi connectivity index (χ3n) is 1.60. The molecule has 72 valence electrons. The van der Waals surface area contributed by atoms with Gasteiger partial charge in [-0.25, -0.2) is 4.57 Å². The fourth-order valence-electron chi connectivity index (χ4n) is 1.05. The van der Waals surface area contributed by atoms with Crippen LogP contribution in [0.5, 0.6) is 0 Å². The van der Waals surface area contributed by atoms with Crippen LogP contribution in [0.3, 0.4) is 0 Å². The molecule has 0 fully saturated rings. The fraction of sp³-hybridized carbons (Fsp3) is 0.333. The van der Waals surface area contributed by atoms with Gasteiger partial charge in [-0.2, -0.15) is 0 Å². The van der Waals surface area contributed by atoms with Crippen molar-refractivity contribution < 1.29 is 9.67 Å². The summed E-state index contributed by atoms with van der Waals surface area (Å²) < 4.78 is 1.92. The molecule has 1 rings (SSSR count). The van der Waals surface area contributed by atoms with Crippen LogP contribution in [-0.2, 0) is 6.54 Å². The molecular formula is C9H13BrN2O. The maximum Gasteiger partial charge on any atom is 0.176 e. The lowest BCUT2D eigenvalue weighted by molar-refractivity contribution is -0.697. The Labute approximate surface area is 88.3 Å². The lowest BCUT2D eigenvalue weighted by Gasteiger charge is -2.04. The second-order valence-electron chi connectivity index (χ2n) is 2.66.